The molecular weight excluding hydrogens is 254 g/mol. The summed E-state index contributed by atoms with van der Waals surface area (Å²) in [6, 6.07) is 3.81. The van der Waals surface area contributed by atoms with Gasteiger partial charge in [0.05, 0.1) is 0 Å². The van der Waals surface area contributed by atoms with Crippen molar-refractivity contribution in [2.75, 3.05) is 11.9 Å². The third-order valence-corrected chi connectivity index (χ3v) is 2.98. The lowest BCUT2D eigenvalue weighted by atomic mass is 10.1. The molecule has 102 valence electrons. The van der Waals surface area contributed by atoms with Gasteiger partial charge in [-0.15, -0.1) is 0 Å². The Morgan fingerprint density at radius 3 is 3.20 bits per heavy atom. The first-order chi connectivity index (χ1) is 9.78. The number of allylic oxidation sites excluding steroid dienone is 1. The topological polar surface area (TPSA) is 86.2 Å². The summed E-state index contributed by atoms with van der Waals surface area (Å²) in [5.41, 5.74) is 2.40. The van der Waals surface area contributed by atoms with Gasteiger partial charge in [-0.2, -0.15) is 4.98 Å². The van der Waals surface area contributed by atoms with Gasteiger partial charge in [0.1, 0.15) is 5.69 Å². The van der Waals surface area contributed by atoms with Gasteiger partial charge >= 0.3 is 0 Å². The van der Waals surface area contributed by atoms with Crippen molar-refractivity contribution in [1.82, 2.24) is 15.0 Å². The van der Waals surface area contributed by atoms with Crippen LogP contribution in [0.25, 0.3) is 11.6 Å². The molecule has 0 fully saturated rings. The Morgan fingerprint density at radius 1 is 1.45 bits per heavy atom. The molecule has 3 N–H and O–H groups in total. The van der Waals surface area contributed by atoms with Crippen LogP contribution in [0.5, 0.6) is 5.88 Å². The predicted molar refractivity (Wildman–Crippen MR) is 79.3 cm³/mol. The quantitative estimate of drug-likeness (QED) is 0.796. The van der Waals surface area contributed by atoms with Crippen molar-refractivity contribution in [1.29, 1.82) is 0 Å². The first kappa shape index (κ1) is 12.4. The van der Waals surface area contributed by atoms with Gasteiger partial charge in [0, 0.05) is 30.1 Å². The van der Waals surface area contributed by atoms with Gasteiger partial charge in [0.15, 0.2) is 5.82 Å². The van der Waals surface area contributed by atoms with Gasteiger partial charge in [0.2, 0.25) is 11.8 Å². The predicted octanol–water partition coefficient (Wildman–Crippen LogP) is 2.59. The van der Waals surface area contributed by atoms with Crippen LogP contribution in [0.2, 0.25) is 0 Å². The highest BCUT2D eigenvalue weighted by Crippen LogP contribution is 2.31. The number of rotatable bonds is 4. The number of H-pyrrole nitrogens is 1. The average Bonchev–Trinajstić information content (AvgIpc) is 3.02. The molecule has 0 spiro atoms. The van der Waals surface area contributed by atoms with Crippen LogP contribution >= 0.6 is 0 Å². The van der Waals surface area contributed by atoms with Crippen molar-refractivity contribution in [3.8, 4) is 5.88 Å². The Balaban J connectivity index is 1.90. The van der Waals surface area contributed by atoms with E-state index in [1.165, 1.54) is 0 Å². The number of nitrogens with zero attached hydrogens (tertiary/aromatic N) is 3. The van der Waals surface area contributed by atoms with Gasteiger partial charge in [-0.1, -0.05) is 6.92 Å². The smallest absolute Gasteiger partial charge is 0.238 e. The van der Waals surface area contributed by atoms with E-state index in [1.807, 2.05) is 18.2 Å². The zero-order chi connectivity index (χ0) is 13.9. The van der Waals surface area contributed by atoms with Crippen molar-refractivity contribution in [3.63, 3.8) is 0 Å². The largest absolute Gasteiger partial charge is 0.492 e. The molecule has 3 rings (SSSR count). The van der Waals surface area contributed by atoms with E-state index in [1.54, 1.807) is 12.4 Å². The van der Waals surface area contributed by atoms with Gasteiger partial charge < -0.3 is 15.4 Å². The monoisotopic (exact) mass is 269 g/mol. The Bertz CT molecular complexity index is 687. The Morgan fingerprint density at radius 2 is 2.35 bits per heavy atom. The minimum absolute atomic E-state index is 0.0261. The maximum Gasteiger partial charge on any atom is 0.238 e. The second kappa shape index (κ2) is 5.16. The number of fused-ring (bicyclic) bond motifs is 1. The third-order valence-electron chi connectivity index (χ3n) is 2.98. The molecule has 0 unspecified atom stereocenters. The lowest BCUT2D eigenvalue weighted by Crippen LogP contribution is -2.00. The fourth-order valence-electron chi connectivity index (χ4n) is 2.00. The molecule has 0 saturated carbocycles. The first-order valence-corrected chi connectivity index (χ1v) is 6.52. The zero-order valence-electron chi connectivity index (χ0n) is 11.1. The number of pyridine rings is 1. The molecule has 0 radical (unpaired) electrons. The molecule has 0 bridgehead atoms. The second-order valence-corrected chi connectivity index (χ2v) is 4.48. The van der Waals surface area contributed by atoms with Gasteiger partial charge in [0.25, 0.3) is 0 Å². The number of nitrogens with one attached hydrogen (secondary N) is 2. The van der Waals surface area contributed by atoms with E-state index in [0.29, 0.717) is 17.5 Å². The highest BCUT2D eigenvalue weighted by Gasteiger charge is 2.14. The molecular formula is C14H15N5O. The molecule has 3 heterocycles. The highest BCUT2D eigenvalue weighted by atomic mass is 16.3. The van der Waals surface area contributed by atoms with Crippen LogP contribution < -0.4 is 5.32 Å². The summed E-state index contributed by atoms with van der Waals surface area (Å²) in [6.07, 6.45) is 6.25. The lowest BCUT2D eigenvalue weighted by Gasteiger charge is -1.98. The van der Waals surface area contributed by atoms with E-state index in [4.69, 9.17) is 0 Å². The van der Waals surface area contributed by atoms with Crippen LogP contribution in [0.4, 0.5) is 11.8 Å². The van der Waals surface area contributed by atoms with E-state index < -0.39 is 0 Å². The maximum absolute atomic E-state index is 9.85. The van der Waals surface area contributed by atoms with Crippen LogP contribution in [-0.2, 0) is 0 Å². The van der Waals surface area contributed by atoms with Crippen molar-refractivity contribution in [2.45, 2.75) is 13.3 Å². The molecule has 1 aliphatic heterocycles. The standard InChI is InChI=1S/C14H15N5O/c1-2-5-16-14-18-11(13(20)19-14)7-9-8-17-12-10(9)4-3-6-15-12/h3-4,6-8,20H,2,5H2,1H3,(H2,16,18,19)/b9-7+. The van der Waals surface area contributed by atoms with Gasteiger partial charge in [-0.25, -0.2) is 9.98 Å². The average molecular weight is 269 g/mol. The minimum Gasteiger partial charge on any atom is -0.492 e. The Hall–Kier alpha value is -2.63. The van der Waals surface area contributed by atoms with Gasteiger partial charge in [-0.05, 0) is 24.6 Å². The molecule has 2 aromatic heterocycles. The Labute approximate surface area is 116 Å². The third kappa shape index (κ3) is 2.27. The van der Waals surface area contributed by atoms with E-state index in [0.717, 1.165) is 24.1 Å². The fraction of sp³-hybridized carbons (Fsp3) is 0.214. The van der Waals surface area contributed by atoms with Crippen molar-refractivity contribution in [3.05, 3.63) is 29.6 Å². The normalized spacial score (nSPS) is 14.8. The molecule has 0 amide bonds. The Kier molecular flexibility index (Phi) is 3.20. The molecule has 0 atom stereocenters. The van der Waals surface area contributed by atoms with Crippen LogP contribution in [0.15, 0.2) is 23.3 Å². The van der Waals surface area contributed by atoms with E-state index in [-0.39, 0.29) is 5.88 Å². The van der Waals surface area contributed by atoms with E-state index >= 15 is 0 Å². The summed E-state index contributed by atoms with van der Waals surface area (Å²) in [6.45, 7) is 2.87. The zero-order valence-corrected chi connectivity index (χ0v) is 11.1. The fourth-order valence-corrected chi connectivity index (χ4v) is 2.00. The van der Waals surface area contributed by atoms with Crippen molar-refractivity contribution in [2.24, 2.45) is 4.99 Å². The SMILES string of the molecule is CCCNc1nc(O)c(/C=C2\C=Nc3ncccc32)[nH]1. The molecule has 20 heavy (non-hydrogen) atoms. The molecule has 0 aromatic carbocycles. The maximum atomic E-state index is 9.85. The molecule has 6 nitrogen and oxygen atoms in total. The minimum atomic E-state index is -0.0261. The number of aromatic amines is 1. The molecule has 1 aliphatic rings. The van der Waals surface area contributed by atoms with Crippen LogP contribution in [-0.4, -0.2) is 32.8 Å². The second-order valence-electron chi connectivity index (χ2n) is 4.48. The highest BCUT2D eigenvalue weighted by molar-refractivity contribution is 6.20. The van der Waals surface area contributed by atoms with Crippen LogP contribution in [0, 0.1) is 0 Å². The number of anilines is 1. The number of imidazole rings is 1. The number of aromatic hydroxyl groups is 1. The summed E-state index contributed by atoms with van der Waals surface area (Å²) in [5.74, 6) is 1.24. The summed E-state index contributed by atoms with van der Waals surface area (Å²) in [7, 11) is 0. The first-order valence-electron chi connectivity index (χ1n) is 6.52. The lowest BCUT2D eigenvalue weighted by molar-refractivity contribution is 0.455. The van der Waals surface area contributed by atoms with Crippen LogP contribution in [0.3, 0.4) is 0 Å². The number of aliphatic imine (C=N–C) groups is 1. The summed E-state index contributed by atoms with van der Waals surface area (Å²) in [4.78, 5) is 15.5. The summed E-state index contributed by atoms with van der Waals surface area (Å²) < 4.78 is 0. The number of aromatic nitrogens is 3. The van der Waals surface area contributed by atoms with E-state index in [2.05, 4.69) is 32.2 Å². The van der Waals surface area contributed by atoms with Gasteiger partial charge in [-0.3, -0.25) is 0 Å². The molecule has 6 heteroatoms. The van der Waals surface area contributed by atoms with E-state index in [9.17, 15) is 5.11 Å². The van der Waals surface area contributed by atoms with Crippen LogP contribution in [0.1, 0.15) is 24.6 Å². The summed E-state index contributed by atoms with van der Waals surface area (Å²) >= 11 is 0. The summed E-state index contributed by atoms with van der Waals surface area (Å²) in [5, 5.41) is 12.9. The molecule has 0 aliphatic carbocycles. The number of hydrogen-bond donors (Lipinski definition) is 3. The van der Waals surface area contributed by atoms with Crippen molar-refractivity contribution >= 4 is 29.6 Å². The molecule has 2 aromatic rings. The van der Waals surface area contributed by atoms with Crippen molar-refractivity contribution < 1.29 is 5.11 Å². The number of hydrogen-bond acceptors (Lipinski definition) is 5. The molecule has 0 saturated heterocycles.